The van der Waals surface area contributed by atoms with Gasteiger partial charge in [0.25, 0.3) is 0 Å². The topological polar surface area (TPSA) is 14.2 Å². The minimum absolute atomic E-state index is 0.491. The van der Waals surface area contributed by atoms with Crippen LogP contribution in [0.4, 0.5) is 18.9 Å². The molecule has 0 amide bonds. The number of hydrogen-bond donors (Lipinski definition) is 0. The van der Waals surface area contributed by atoms with Gasteiger partial charge >= 0.3 is 6.18 Å². The Morgan fingerprint density at radius 3 is 1.40 bits per heavy atom. The van der Waals surface area contributed by atoms with Gasteiger partial charge < -0.3 is 9.13 Å². The van der Waals surface area contributed by atoms with E-state index in [-0.39, 0.29) is 0 Å². The molecular formula is C61H44F3N3. The van der Waals surface area contributed by atoms with Crippen LogP contribution in [0.1, 0.15) is 33.4 Å². The van der Waals surface area contributed by atoms with Crippen LogP contribution in [0.5, 0.6) is 0 Å². The van der Waals surface area contributed by atoms with Gasteiger partial charge in [-0.25, -0.2) is 4.85 Å². The molecule has 0 aliphatic heterocycles. The normalized spacial score (nSPS) is 11.9. The summed E-state index contributed by atoms with van der Waals surface area (Å²) in [7, 11) is 0. The second-order valence-corrected chi connectivity index (χ2v) is 18.0. The maximum atomic E-state index is 14.0. The zero-order valence-corrected chi connectivity index (χ0v) is 37.7. The third-order valence-electron chi connectivity index (χ3n) is 13.2. The van der Waals surface area contributed by atoms with E-state index in [2.05, 4.69) is 169 Å². The Morgan fingerprint density at radius 1 is 0.388 bits per heavy atom. The predicted molar refractivity (Wildman–Crippen MR) is 272 cm³/mol. The molecule has 324 valence electrons. The van der Waals surface area contributed by atoms with E-state index in [4.69, 9.17) is 6.57 Å². The van der Waals surface area contributed by atoms with Crippen molar-refractivity contribution in [1.82, 2.24) is 9.13 Å². The van der Waals surface area contributed by atoms with Crippen molar-refractivity contribution in [3.63, 3.8) is 0 Å². The van der Waals surface area contributed by atoms with Crippen LogP contribution in [0.15, 0.2) is 176 Å². The first-order valence-electron chi connectivity index (χ1n) is 22.4. The molecule has 0 N–H and O–H groups in total. The minimum atomic E-state index is -4.46. The van der Waals surface area contributed by atoms with Gasteiger partial charge in [-0.05, 0) is 146 Å². The summed E-state index contributed by atoms with van der Waals surface area (Å²) in [5.41, 5.74) is 18.6. The largest absolute Gasteiger partial charge is 0.416 e. The summed E-state index contributed by atoms with van der Waals surface area (Å²) < 4.78 is 46.5. The van der Waals surface area contributed by atoms with Crippen molar-refractivity contribution >= 4 is 49.3 Å². The van der Waals surface area contributed by atoms with Crippen LogP contribution in [-0.4, -0.2) is 9.13 Å². The average Bonchev–Trinajstić information content (AvgIpc) is 3.82. The van der Waals surface area contributed by atoms with Gasteiger partial charge in [-0.15, -0.1) is 0 Å². The number of fused-ring (bicyclic) bond motifs is 6. The second kappa shape index (κ2) is 15.8. The lowest BCUT2D eigenvalue weighted by atomic mass is 9.93. The summed E-state index contributed by atoms with van der Waals surface area (Å²) in [6.07, 6.45) is -4.46. The van der Waals surface area contributed by atoms with Crippen molar-refractivity contribution in [2.75, 3.05) is 0 Å². The monoisotopic (exact) mass is 875 g/mol. The fourth-order valence-electron chi connectivity index (χ4n) is 10.4. The Bertz CT molecular complexity index is 3830. The van der Waals surface area contributed by atoms with Gasteiger partial charge in [0.15, 0.2) is 5.69 Å². The van der Waals surface area contributed by atoms with Crippen LogP contribution < -0.4 is 0 Å². The number of aryl methyl sites for hydroxylation is 5. The first-order chi connectivity index (χ1) is 32.3. The highest BCUT2D eigenvalue weighted by molar-refractivity contribution is 6.13. The molecule has 0 unspecified atom stereocenters. The highest BCUT2D eigenvalue weighted by atomic mass is 19.4. The number of hydrogen-bond acceptors (Lipinski definition) is 0. The Morgan fingerprint density at radius 2 is 0.881 bits per heavy atom. The van der Waals surface area contributed by atoms with Crippen LogP contribution in [0.2, 0.25) is 0 Å². The van der Waals surface area contributed by atoms with Crippen molar-refractivity contribution in [2.45, 2.75) is 40.8 Å². The molecule has 0 radical (unpaired) electrons. The van der Waals surface area contributed by atoms with E-state index >= 15 is 0 Å². The predicted octanol–water partition coefficient (Wildman–Crippen LogP) is 17.7. The summed E-state index contributed by atoms with van der Waals surface area (Å²) in [6, 6.07) is 59.4. The molecule has 0 atom stereocenters. The molecule has 0 aliphatic rings. The molecule has 0 saturated heterocycles. The summed E-state index contributed by atoms with van der Waals surface area (Å²) >= 11 is 0. The number of benzene rings is 9. The molecule has 6 heteroatoms. The molecule has 0 saturated carbocycles. The lowest BCUT2D eigenvalue weighted by Gasteiger charge is -2.21. The standard InChI is InChI=1S/C61H44F3N3/c1-36-25-37(2)28-44(27-36)41-16-22-57-52(32-41)49-11-7-9-13-55(49)66(57)59-24-19-47(65-6)35-54(59)51-20-15-43(48-21-18-46(31-40(48)5)61(62,63)64)34-60(51)67-56-14-10-8-12-50(56)53-33-42(17-23-58(53)67)45-29-38(3)26-39(4)30-45/h7-35H,1-5H3. The molecule has 0 bridgehead atoms. The highest BCUT2D eigenvalue weighted by Crippen LogP contribution is 2.45. The molecule has 11 aromatic rings. The van der Waals surface area contributed by atoms with Crippen molar-refractivity contribution in [2.24, 2.45) is 0 Å². The van der Waals surface area contributed by atoms with E-state index in [9.17, 15) is 13.2 Å². The zero-order valence-electron chi connectivity index (χ0n) is 37.7. The van der Waals surface area contributed by atoms with Gasteiger partial charge in [-0.3, -0.25) is 0 Å². The van der Waals surface area contributed by atoms with Crippen LogP contribution in [0.3, 0.4) is 0 Å². The van der Waals surface area contributed by atoms with Gasteiger partial charge in [0.2, 0.25) is 0 Å². The zero-order chi connectivity index (χ0) is 46.3. The Labute approximate surface area is 387 Å². The van der Waals surface area contributed by atoms with Gasteiger partial charge in [-0.2, -0.15) is 13.2 Å². The van der Waals surface area contributed by atoms with Crippen LogP contribution >= 0.6 is 0 Å². The average molecular weight is 876 g/mol. The second-order valence-electron chi connectivity index (χ2n) is 18.0. The summed E-state index contributed by atoms with van der Waals surface area (Å²) in [6.45, 7) is 18.5. The molecule has 0 aliphatic carbocycles. The maximum absolute atomic E-state index is 14.0. The molecule has 3 nitrogen and oxygen atoms in total. The van der Waals surface area contributed by atoms with E-state index < -0.39 is 11.7 Å². The first kappa shape index (κ1) is 41.6. The maximum Gasteiger partial charge on any atom is 0.416 e. The van der Waals surface area contributed by atoms with E-state index in [1.54, 1.807) is 13.0 Å². The molecule has 2 heterocycles. The summed E-state index contributed by atoms with van der Waals surface area (Å²) in [5, 5.41) is 4.37. The van der Waals surface area contributed by atoms with E-state index in [1.165, 1.54) is 33.9 Å². The molecule has 2 aromatic heterocycles. The van der Waals surface area contributed by atoms with Gasteiger partial charge in [0.1, 0.15) is 0 Å². The summed E-state index contributed by atoms with van der Waals surface area (Å²) in [5.74, 6) is 0. The third kappa shape index (κ3) is 7.15. The van der Waals surface area contributed by atoms with Gasteiger partial charge in [0.05, 0.1) is 45.6 Å². The summed E-state index contributed by atoms with van der Waals surface area (Å²) in [4.78, 5) is 3.95. The number of rotatable bonds is 6. The first-order valence-corrected chi connectivity index (χ1v) is 22.4. The van der Waals surface area contributed by atoms with Crippen LogP contribution in [0.25, 0.3) is 104 Å². The molecule has 0 spiro atoms. The fraction of sp³-hybridized carbons (Fsp3) is 0.0984. The third-order valence-corrected chi connectivity index (χ3v) is 13.2. The molecule has 11 rings (SSSR count). The van der Waals surface area contributed by atoms with Crippen molar-refractivity contribution in [3.8, 4) is 55.9 Å². The minimum Gasteiger partial charge on any atom is -0.309 e. The Hall–Kier alpha value is -8.14. The molecule has 67 heavy (non-hydrogen) atoms. The quantitative estimate of drug-likeness (QED) is 0.148. The Balaban J connectivity index is 1.20. The molecule has 0 fully saturated rings. The van der Waals surface area contributed by atoms with Crippen molar-refractivity contribution in [1.29, 1.82) is 0 Å². The van der Waals surface area contributed by atoms with Crippen molar-refractivity contribution < 1.29 is 13.2 Å². The lowest BCUT2D eigenvalue weighted by Crippen LogP contribution is -2.05. The lowest BCUT2D eigenvalue weighted by molar-refractivity contribution is -0.137. The Kier molecular flexibility index (Phi) is 9.79. The van der Waals surface area contributed by atoms with E-state index in [0.717, 1.165) is 94.4 Å². The smallest absolute Gasteiger partial charge is 0.309 e. The number of halogens is 3. The molecule has 9 aromatic carbocycles. The van der Waals surface area contributed by atoms with E-state index in [1.807, 2.05) is 30.3 Å². The van der Waals surface area contributed by atoms with Gasteiger partial charge in [-0.1, -0.05) is 131 Å². The number of nitrogens with zero attached hydrogens (tertiary/aromatic N) is 3. The number of para-hydroxylation sites is 2. The van der Waals surface area contributed by atoms with Crippen LogP contribution in [0, 0.1) is 41.2 Å². The highest BCUT2D eigenvalue weighted by Gasteiger charge is 2.31. The fourth-order valence-corrected chi connectivity index (χ4v) is 10.4. The van der Waals surface area contributed by atoms with Gasteiger partial charge in [0, 0.05) is 27.1 Å². The van der Waals surface area contributed by atoms with Crippen molar-refractivity contribution in [3.05, 3.63) is 221 Å². The molecular weight excluding hydrogens is 832 g/mol. The van der Waals surface area contributed by atoms with E-state index in [0.29, 0.717) is 16.8 Å². The number of aromatic nitrogens is 2. The van der Waals surface area contributed by atoms with Crippen LogP contribution in [-0.2, 0) is 6.18 Å². The number of alkyl halides is 3. The SMILES string of the molecule is [C-]#[N+]c1ccc(-n2c3ccccc3c3cc(-c4cc(C)cc(C)c4)ccc32)c(-c2ccc(-c3ccc(C(F)(F)F)cc3C)cc2-n2c3ccccc3c3cc(-c4cc(C)cc(C)c4)ccc32)c1.